The van der Waals surface area contributed by atoms with Crippen LogP contribution in [0.2, 0.25) is 0 Å². The van der Waals surface area contributed by atoms with E-state index >= 15 is 0 Å². The molecule has 2 rings (SSSR count). The molecule has 0 heterocycles. The molecular weight excluding hydrogens is 338 g/mol. The predicted molar refractivity (Wildman–Crippen MR) is 94.4 cm³/mol. The van der Waals surface area contributed by atoms with E-state index in [-0.39, 0.29) is 30.1 Å². The lowest BCUT2D eigenvalue weighted by Gasteiger charge is -2.18. The fourth-order valence-electron chi connectivity index (χ4n) is 2.37. The van der Waals surface area contributed by atoms with E-state index in [4.69, 9.17) is 5.73 Å². The highest BCUT2D eigenvalue weighted by molar-refractivity contribution is 7.92. The normalized spacial score (nSPS) is 15.4. The summed E-state index contributed by atoms with van der Waals surface area (Å²) in [5.74, 6) is 0.172. The summed E-state index contributed by atoms with van der Waals surface area (Å²) in [7, 11) is -3.43. The lowest BCUT2D eigenvalue weighted by atomic mass is 10.1. The third-order valence-electron chi connectivity index (χ3n) is 3.67. The zero-order valence-electron chi connectivity index (χ0n) is 13.1. The van der Waals surface area contributed by atoms with Crippen molar-refractivity contribution < 1.29 is 13.2 Å². The monoisotopic (exact) mass is 361 g/mol. The minimum atomic E-state index is -3.43. The van der Waals surface area contributed by atoms with Crippen molar-refractivity contribution in [2.24, 2.45) is 11.7 Å². The molecule has 0 spiro atoms. The molecule has 1 aliphatic rings. The summed E-state index contributed by atoms with van der Waals surface area (Å²) in [5.41, 5.74) is 6.32. The van der Waals surface area contributed by atoms with Gasteiger partial charge in [-0.05, 0) is 37.3 Å². The first kappa shape index (κ1) is 19.7. The average molecular weight is 362 g/mol. The Morgan fingerprint density at radius 3 is 2.57 bits per heavy atom. The Kier molecular flexibility index (Phi) is 7.31. The van der Waals surface area contributed by atoms with Crippen LogP contribution >= 0.6 is 12.4 Å². The molecule has 1 aliphatic carbocycles. The van der Waals surface area contributed by atoms with Gasteiger partial charge in [0.25, 0.3) is 5.91 Å². The van der Waals surface area contributed by atoms with Gasteiger partial charge in [0.2, 0.25) is 10.0 Å². The van der Waals surface area contributed by atoms with Crippen molar-refractivity contribution in [2.75, 3.05) is 17.0 Å². The van der Waals surface area contributed by atoms with Gasteiger partial charge in [-0.1, -0.05) is 19.1 Å². The number of sulfonamides is 1. The van der Waals surface area contributed by atoms with E-state index in [1.807, 2.05) is 0 Å². The van der Waals surface area contributed by atoms with Crippen LogP contribution in [0.1, 0.15) is 36.5 Å². The number of carbonyl (C=O) groups excluding carboxylic acids is 1. The lowest BCUT2D eigenvalue weighted by molar-refractivity contribution is 0.0934. The zero-order valence-corrected chi connectivity index (χ0v) is 14.8. The van der Waals surface area contributed by atoms with Crippen LogP contribution in [0, 0.1) is 5.92 Å². The molecule has 1 unspecified atom stereocenters. The second-order valence-electron chi connectivity index (χ2n) is 5.62. The summed E-state index contributed by atoms with van der Waals surface area (Å²) in [5, 5.41) is 2.90. The number of rotatable bonds is 8. The van der Waals surface area contributed by atoms with Gasteiger partial charge in [-0.25, -0.2) is 8.42 Å². The van der Waals surface area contributed by atoms with Crippen LogP contribution in [0.5, 0.6) is 0 Å². The first-order valence-electron chi connectivity index (χ1n) is 7.57. The van der Waals surface area contributed by atoms with Crippen LogP contribution < -0.4 is 15.8 Å². The highest BCUT2D eigenvalue weighted by Crippen LogP contribution is 2.32. The van der Waals surface area contributed by atoms with E-state index in [0.29, 0.717) is 30.1 Å². The van der Waals surface area contributed by atoms with Gasteiger partial charge in [0, 0.05) is 12.6 Å². The molecule has 0 saturated heterocycles. The Morgan fingerprint density at radius 2 is 2.00 bits per heavy atom. The number of nitrogens with two attached hydrogens (primary N) is 1. The van der Waals surface area contributed by atoms with E-state index < -0.39 is 10.0 Å². The van der Waals surface area contributed by atoms with Crippen LogP contribution in [-0.2, 0) is 10.0 Å². The quantitative estimate of drug-likeness (QED) is 0.656. The number of para-hydroxylation sites is 1. The molecule has 23 heavy (non-hydrogen) atoms. The topological polar surface area (TPSA) is 101 Å². The van der Waals surface area contributed by atoms with Crippen LogP contribution in [0.3, 0.4) is 0 Å². The van der Waals surface area contributed by atoms with E-state index in [9.17, 15) is 13.2 Å². The van der Waals surface area contributed by atoms with Crippen molar-refractivity contribution in [1.82, 2.24) is 5.32 Å². The molecule has 1 fully saturated rings. The van der Waals surface area contributed by atoms with Gasteiger partial charge in [0.05, 0.1) is 17.0 Å². The Labute approximate surface area is 143 Å². The maximum atomic E-state index is 12.4. The molecule has 130 valence electrons. The van der Waals surface area contributed by atoms with Crippen molar-refractivity contribution in [3.05, 3.63) is 29.8 Å². The van der Waals surface area contributed by atoms with Gasteiger partial charge in [0.1, 0.15) is 0 Å². The molecule has 8 heteroatoms. The van der Waals surface area contributed by atoms with Crippen molar-refractivity contribution in [1.29, 1.82) is 0 Å². The van der Waals surface area contributed by atoms with Crippen LogP contribution in [0.25, 0.3) is 0 Å². The summed E-state index contributed by atoms with van der Waals surface area (Å²) in [4.78, 5) is 12.4. The maximum absolute atomic E-state index is 12.4. The number of amides is 1. The van der Waals surface area contributed by atoms with Gasteiger partial charge in [-0.3, -0.25) is 9.52 Å². The summed E-state index contributed by atoms with van der Waals surface area (Å²) in [6.07, 6.45) is 2.67. The predicted octanol–water partition coefficient (Wildman–Crippen LogP) is 1.73. The molecule has 0 radical (unpaired) electrons. The smallest absolute Gasteiger partial charge is 0.253 e. The molecule has 1 amide bonds. The first-order valence-corrected chi connectivity index (χ1v) is 9.22. The van der Waals surface area contributed by atoms with Crippen molar-refractivity contribution in [2.45, 2.75) is 32.2 Å². The lowest BCUT2D eigenvalue weighted by Crippen LogP contribution is -2.42. The summed E-state index contributed by atoms with van der Waals surface area (Å²) < 4.78 is 26.3. The molecular formula is C15H24ClN3O3S. The molecule has 0 aliphatic heterocycles. The molecule has 1 atom stereocenters. The zero-order chi connectivity index (χ0) is 16.2. The van der Waals surface area contributed by atoms with E-state index in [2.05, 4.69) is 10.0 Å². The van der Waals surface area contributed by atoms with Gasteiger partial charge < -0.3 is 11.1 Å². The van der Waals surface area contributed by atoms with E-state index in [1.165, 1.54) is 0 Å². The minimum absolute atomic E-state index is 0. The SMILES string of the molecule is CCCS(=O)(=O)Nc1ccccc1C(=O)NC(CN)C1CC1.Cl. The largest absolute Gasteiger partial charge is 0.348 e. The molecule has 1 aromatic carbocycles. The third-order valence-corrected chi connectivity index (χ3v) is 5.15. The third kappa shape index (κ3) is 5.67. The van der Waals surface area contributed by atoms with Gasteiger partial charge >= 0.3 is 0 Å². The second-order valence-corrected chi connectivity index (χ2v) is 7.46. The number of halogens is 1. The average Bonchev–Trinajstić information content (AvgIpc) is 3.29. The van der Waals surface area contributed by atoms with Crippen molar-refractivity contribution >= 4 is 34.0 Å². The number of anilines is 1. The van der Waals surface area contributed by atoms with Crippen LogP contribution in [0.15, 0.2) is 24.3 Å². The molecule has 0 bridgehead atoms. The minimum Gasteiger partial charge on any atom is -0.348 e. The fraction of sp³-hybridized carbons (Fsp3) is 0.533. The van der Waals surface area contributed by atoms with Gasteiger partial charge in [-0.15, -0.1) is 12.4 Å². The molecule has 1 aromatic rings. The number of benzene rings is 1. The van der Waals surface area contributed by atoms with Crippen LogP contribution in [0.4, 0.5) is 5.69 Å². The first-order chi connectivity index (χ1) is 10.5. The number of carbonyl (C=O) groups is 1. The highest BCUT2D eigenvalue weighted by Gasteiger charge is 2.31. The van der Waals surface area contributed by atoms with Gasteiger partial charge in [-0.2, -0.15) is 0 Å². The number of hydrogen-bond donors (Lipinski definition) is 3. The summed E-state index contributed by atoms with van der Waals surface area (Å²) >= 11 is 0. The fourth-order valence-corrected chi connectivity index (χ4v) is 3.52. The highest BCUT2D eigenvalue weighted by atomic mass is 35.5. The molecule has 4 N–H and O–H groups in total. The second kappa shape index (κ2) is 8.52. The Balaban J connectivity index is 0.00000264. The number of hydrogen-bond acceptors (Lipinski definition) is 4. The van der Waals surface area contributed by atoms with E-state index in [0.717, 1.165) is 12.8 Å². The Bertz CT molecular complexity index is 633. The maximum Gasteiger partial charge on any atom is 0.253 e. The molecule has 0 aromatic heterocycles. The van der Waals surface area contributed by atoms with Crippen molar-refractivity contribution in [3.8, 4) is 0 Å². The van der Waals surface area contributed by atoms with E-state index in [1.54, 1.807) is 31.2 Å². The summed E-state index contributed by atoms with van der Waals surface area (Å²) in [6.45, 7) is 2.18. The van der Waals surface area contributed by atoms with Crippen LogP contribution in [-0.4, -0.2) is 32.7 Å². The summed E-state index contributed by atoms with van der Waals surface area (Å²) in [6, 6.07) is 6.56. The molecule has 1 saturated carbocycles. The Morgan fingerprint density at radius 1 is 1.35 bits per heavy atom. The number of nitrogens with one attached hydrogen (secondary N) is 2. The standard InChI is InChI=1S/C15H23N3O3S.ClH/c1-2-9-22(20,21)18-13-6-4-3-5-12(13)15(19)17-14(10-16)11-7-8-11;/h3-6,11,14,18H,2,7-10,16H2,1H3,(H,17,19);1H. The van der Waals surface area contributed by atoms with Crippen molar-refractivity contribution in [3.63, 3.8) is 0 Å². The molecule has 6 nitrogen and oxygen atoms in total. The Hall–Kier alpha value is -1.31. The van der Waals surface area contributed by atoms with Gasteiger partial charge in [0.15, 0.2) is 0 Å².